The number of ketones is 1. The molecule has 0 unspecified atom stereocenters. The molecule has 0 amide bonds. The van der Waals surface area contributed by atoms with Crippen molar-refractivity contribution in [1.82, 2.24) is 9.97 Å². The highest BCUT2D eigenvalue weighted by Crippen LogP contribution is 2.26. The summed E-state index contributed by atoms with van der Waals surface area (Å²) in [7, 11) is 1.56. The van der Waals surface area contributed by atoms with Gasteiger partial charge >= 0.3 is 0 Å². The van der Waals surface area contributed by atoms with Gasteiger partial charge in [0, 0.05) is 12.4 Å². The van der Waals surface area contributed by atoms with E-state index in [1.54, 1.807) is 7.11 Å². The minimum atomic E-state index is -0.169. The SMILES string of the molecule is COc1cc(C)cc(C)c1C(=O)c1cnccn1. The van der Waals surface area contributed by atoms with Crippen LogP contribution in [-0.4, -0.2) is 22.9 Å². The summed E-state index contributed by atoms with van der Waals surface area (Å²) in [4.78, 5) is 20.3. The number of nitrogens with zero attached hydrogens (tertiary/aromatic N) is 2. The number of benzene rings is 1. The van der Waals surface area contributed by atoms with E-state index >= 15 is 0 Å². The monoisotopic (exact) mass is 242 g/mol. The second kappa shape index (κ2) is 4.96. The highest BCUT2D eigenvalue weighted by molar-refractivity contribution is 6.10. The van der Waals surface area contributed by atoms with Gasteiger partial charge < -0.3 is 4.74 Å². The van der Waals surface area contributed by atoms with Crippen LogP contribution >= 0.6 is 0 Å². The predicted octanol–water partition coefficient (Wildman–Crippen LogP) is 2.33. The van der Waals surface area contributed by atoms with Crippen molar-refractivity contribution < 1.29 is 9.53 Å². The first-order valence-electron chi connectivity index (χ1n) is 5.59. The molecule has 1 heterocycles. The maximum Gasteiger partial charge on any atom is 0.216 e. The van der Waals surface area contributed by atoms with Gasteiger partial charge in [-0.05, 0) is 31.0 Å². The smallest absolute Gasteiger partial charge is 0.216 e. The Bertz CT molecular complexity index is 580. The number of methoxy groups -OCH3 is 1. The van der Waals surface area contributed by atoms with Crippen LogP contribution in [0.25, 0.3) is 0 Å². The predicted molar refractivity (Wildman–Crippen MR) is 67.9 cm³/mol. The van der Waals surface area contributed by atoms with Crippen molar-refractivity contribution in [3.63, 3.8) is 0 Å². The van der Waals surface area contributed by atoms with Crippen molar-refractivity contribution in [3.05, 3.63) is 53.1 Å². The van der Waals surface area contributed by atoms with E-state index < -0.39 is 0 Å². The van der Waals surface area contributed by atoms with E-state index in [9.17, 15) is 4.79 Å². The number of hydrogen-bond acceptors (Lipinski definition) is 4. The number of aryl methyl sites for hydroxylation is 2. The van der Waals surface area contributed by atoms with E-state index in [4.69, 9.17) is 4.74 Å². The summed E-state index contributed by atoms with van der Waals surface area (Å²) in [5, 5.41) is 0. The third-order valence-corrected chi connectivity index (χ3v) is 2.69. The van der Waals surface area contributed by atoms with Crippen LogP contribution in [0.1, 0.15) is 27.2 Å². The van der Waals surface area contributed by atoms with Gasteiger partial charge in [0.2, 0.25) is 5.78 Å². The summed E-state index contributed by atoms with van der Waals surface area (Å²) in [6.45, 7) is 3.85. The lowest BCUT2D eigenvalue weighted by Crippen LogP contribution is -2.09. The minimum absolute atomic E-state index is 0.169. The topological polar surface area (TPSA) is 52.1 Å². The maximum atomic E-state index is 12.4. The lowest BCUT2D eigenvalue weighted by atomic mass is 9.99. The lowest BCUT2D eigenvalue weighted by molar-refractivity contribution is 0.103. The molecule has 18 heavy (non-hydrogen) atoms. The Morgan fingerprint density at radius 1 is 1.22 bits per heavy atom. The molecule has 0 aliphatic carbocycles. The molecule has 1 aromatic heterocycles. The molecule has 0 saturated heterocycles. The Morgan fingerprint density at radius 2 is 2.00 bits per heavy atom. The van der Waals surface area contributed by atoms with Crippen molar-refractivity contribution in [3.8, 4) is 5.75 Å². The number of aromatic nitrogens is 2. The fourth-order valence-corrected chi connectivity index (χ4v) is 1.93. The number of carbonyl (C=O) groups excluding carboxylic acids is 1. The van der Waals surface area contributed by atoms with E-state index in [1.165, 1.54) is 18.6 Å². The Morgan fingerprint density at radius 3 is 2.61 bits per heavy atom. The van der Waals surface area contributed by atoms with Gasteiger partial charge in [-0.15, -0.1) is 0 Å². The number of ether oxygens (including phenoxy) is 1. The molecule has 92 valence electrons. The van der Waals surface area contributed by atoms with Crippen LogP contribution in [0, 0.1) is 13.8 Å². The average molecular weight is 242 g/mol. The highest BCUT2D eigenvalue weighted by Gasteiger charge is 2.18. The molecule has 0 saturated carbocycles. The summed E-state index contributed by atoms with van der Waals surface area (Å²) < 4.78 is 5.28. The maximum absolute atomic E-state index is 12.4. The van der Waals surface area contributed by atoms with Gasteiger partial charge in [-0.1, -0.05) is 6.07 Å². The van der Waals surface area contributed by atoms with Crippen LogP contribution in [0.4, 0.5) is 0 Å². The first-order chi connectivity index (χ1) is 8.63. The number of carbonyl (C=O) groups is 1. The largest absolute Gasteiger partial charge is 0.496 e. The van der Waals surface area contributed by atoms with Crippen LogP contribution in [-0.2, 0) is 0 Å². The normalized spacial score (nSPS) is 10.2. The molecule has 0 N–H and O–H groups in total. The zero-order valence-corrected chi connectivity index (χ0v) is 10.6. The molecule has 4 nitrogen and oxygen atoms in total. The number of rotatable bonds is 3. The summed E-state index contributed by atoms with van der Waals surface area (Å²) in [5.41, 5.74) is 2.80. The van der Waals surface area contributed by atoms with Crippen molar-refractivity contribution >= 4 is 5.78 Å². The van der Waals surface area contributed by atoms with Crippen LogP contribution in [0.15, 0.2) is 30.7 Å². The van der Waals surface area contributed by atoms with E-state index in [1.807, 2.05) is 26.0 Å². The molecule has 0 atom stereocenters. The van der Waals surface area contributed by atoms with Crippen LogP contribution in [0.2, 0.25) is 0 Å². The van der Waals surface area contributed by atoms with Crippen molar-refractivity contribution in [2.45, 2.75) is 13.8 Å². The van der Waals surface area contributed by atoms with Gasteiger partial charge in [-0.2, -0.15) is 0 Å². The zero-order valence-electron chi connectivity index (χ0n) is 10.6. The van der Waals surface area contributed by atoms with Gasteiger partial charge in [0.1, 0.15) is 11.4 Å². The van der Waals surface area contributed by atoms with Crippen LogP contribution in [0.3, 0.4) is 0 Å². The third kappa shape index (κ3) is 2.22. The first-order valence-corrected chi connectivity index (χ1v) is 5.59. The summed E-state index contributed by atoms with van der Waals surface area (Å²) in [6.07, 6.45) is 4.50. The molecule has 2 rings (SSSR count). The highest BCUT2D eigenvalue weighted by atomic mass is 16.5. The molecule has 1 aromatic carbocycles. The van der Waals surface area contributed by atoms with Gasteiger partial charge in [0.25, 0.3) is 0 Å². The second-order valence-electron chi connectivity index (χ2n) is 4.08. The van der Waals surface area contributed by atoms with E-state index in [0.29, 0.717) is 17.0 Å². The fraction of sp³-hybridized carbons (Fsp3) is 0.214. The molecule has 0 radical (unpaired) electrons. The summed E-state index contributed by atoms with van der Waals surface area (Å²) in [5.74, 6) is 0.403. The van der Waals surface area contributed by atoms with E-state index in [-0.39, 0.29) is 5.78 Å². The van der Waals surface area contributed by atoms with E-state index in [2.05, 4.69) is 9.97 Å². The molecule has 4 heteroatoms. The van der Waals surface area contributed by atoms with Crippen molar-refractivity contribution in [1.29, 1.82) is 0 Å². The molecule has 2 aromatic rings. The molecule has 0 aliphatic heterocycles. The standard InChI is InChI=1S/C14H14N2O2/c1-9-6-10(2)13(12(7-9)18-3)14(17)11-8-15-4-5-16-11/h4-8H,1-3H3. The Hall–Kier alpha value is -2.23. The third-order valence-electron chi connectivity index (χ3n) is 2.69. The van der Waals surface area contributed by atoms with Crippen LogP contribution in [0.5, 0.6) is 5.75 Å². The fourth-order valence-electron chi connectivity index (χ4n) is 1.93. The molecule has 0 aliphatic rings. The quantitative estimate of drug-likeness (QED) is 0.775. The first kappa shape index (κ1) is 12.2. The van der Waals surface area contributed by atoms with Gasteiger partial charge in [-0.25, -0.2) is 4.98 Å². The Kier molecular flexibility index (Phi) is 3.37. The van der Waals surface area contributed by atoms with Gasteiger partial charge in [0.15, 0.2) is 0 Å². The Balaban J connectivity index is 2.55. The van der Waals surface area contributed by atoms with Gasteiger partial charge in [0.05, 0.1) is 18.9 Å². The molecular weight excluding hydrogens is 228 g/mol. The average Bonchev–Trinajstić information content (AvgIpc) is 2.38. The Labute approximate surface area is 106 Å². The molecule has 0 fully saturated rings. The second-order valence-corrected chi connectivity index (χ2v) is 4.08. The van der Waals surface area contributed by atoms with Crippen molar-refractivity contribution in [2.75, 3.05) is 7.11 Å². The summed E-state index contributed by atoms with van der Waals surface area (Å²) in [6, 6.07) is 3.79. The minimum Gasteiger partial charge on any atom is -0.496 e. The zero-order chi connectivity index (χ0) is 13.1. The van der Waals surface area contributed by atoms with Crippen molar-refractivity contribution in [2.24, 2.45) is 0 Å². The molecular formula is C14H14N2O2. The van der Waals surface area contributed by atoms with Crippen LogP contribution < -0.4 is 4.74 Å². The van der Waals surface area contributed by atoms with Gasteiger partial charge in [-0.3, -0.25) is 9.78 Å². The molecule has 0 spiro atoms. The molecule has 0 bridgehead atoms. The lowest BCUT2D eigenvalue weighted by Gasteiger charge is -2.11. The summed E-state index contributed by atoms with van der Waals surface area (Å²) >= 11 is 0. The van der Waals surface area contributed by atoms with E-state index in [0.717, 1.165) is 11.1 Å². The number of hydrogen-bond donors (Lipinski definition) is 0.